The van der Waals surface area contributed by atoms with Crippen molar-refractivity contribution in [1.29, 1.82) is 0 Å². The molecule has 126 valence electrons. The Hall–Kier alpha value is -1.26. The molecule has 1 saturated carbocycles. The minimum absolute atomic E-state index is 0.111. The van der Waals surface area contributed by atoms with Crippen LogP contribution in [-0.4, -0.2) is 35.8 Å². The average molecular weight is 358 g/mol. The summed E-state index contributed by atoms with van der Waals surface area (Å²) in [4.78, 5) is 25.8. The first-order chi connectivity index (χ1) is 11.0. The van der Waals surface area contributed by atoms with Crippen LogP contribution >= 0.6 is 23.2 Å². The molecule has 0 bridgehead atoms. The molecule has 1 aromatic rings. The second kappa shape index (κ2) is 8.02. The molecule has 0 saturated heterocycles. The van der Waals surface area contributed by atoms with Crippen molar-refractivity contribution in [3.63, 3.8) is 0 Å². The molecule has 1 aliphatic carbocycles. The van der Waals surface area contributed by atoms with Crippen LogP contribution in [0.4, 0.5) is 5.69 Å². The maximum absolute atomic E-state index is 12.5. The molecule has 23 heavy (non-hydrogen) atoms. The Labute approximate surface area is 146 Å². The third-order valence-electron chi connectivity index (χ3n) is 4.20. The van der Waals surface area contributed by atoms with Crippen LogP contribution in [0.3, 0.4) is 0 Å². The lowest BCUT2D eigenvalue weighted by molar-refractivity contribution is -0.146. The van der Waals surface area contributed by atoms with E-state index < -0.39 is 5.97 Å². The van der Waals surface area contributed by atoms with Crippen LogP contribution in [0.25, 0.3) is 0 Å². The number of hydrogen-bond acceptors (Lipinski definition) is 3. The van der Waals surface area contributed by atoms with E-state index in [0.29, 0.717) is 0 Å². The van der Waals surface area contributed by atoms with E-state index in [1.165, 1.54) is 0 Å². The Morgan fingerprint density at radius 2 is 1.83 bits per heavy atom. The molecule has 1 fully saturated rings. The third kappa shape index (κ3) is 3.99. The van der Waals surface area contributed by atoms with Crippen LogP contribution in [0, 0.1) is 13.8 Å². The van der Waals surface area contributed by atoms with Gasteiger partial charge in [-0.05, 0) is 44.2 Å². The summed E-state index contributed by atoms with van der Waals surface area (Å²) in [6, 6.07) is 5.68. The Morgan fingerprint density at radius 3 is 2.39 bits per heavy atom. The van der Waals surface area contributed by atoms with Gasteiger partial charge in [0.25, 0.3) is 0 Å². The second-order valence-electron chi connectivity index (χ2n) is 5.80. The number of nitrogens with zero attached hydrogens (tertiary/aromatic N) is 1. The number of carbonyl (C=O) groups is 2. The fraction of sp³-hybridized carbons (Fsp3) is 0.529. The standard InChI is InChI=1S/C17H21Cl2NO3/c1-11-5-3-6-12(2)17(11)20(15(21)9-18)13-7-4-8-14(13)23-16(22)10-19/h3,5-6,13-14H,4,7-10H2,1-2H3. The van der Waals surface area contributed by atoms with Gasteiger partial charge in [0.05, 0.1) is 6.04 Å². The van der Waals surface area contributed by atoms with Gasteiger partial charge in [0.1, 0.15) is 17.9 Å². The number of aryl methyl sites for hydroxylation is 2. The zero-order valence-electron chi connectivity index (χ0n) is 13.4. The zero-order valence-corrected chi connectivity index (χ0v) is 14.9. The van der Waals surface area contributed by atoms with E-state index in [2.05, 4.69) is 0 Å². The van der Waals surface area contributed by atoms with Gasteiger partial charge >= 0.3 is 5.97 Å². The number of esters is 1. The van der Waals surface area contributed by atoms with Crippen molar-refractivity contribution in [2.45, 2.75) is 45.3 Å². The molecular weight excluding hydrogens is 337 g/mol. The second-order valence-corrected chi connectivity index (χ2v) is 6.33. The Balaban J connectivity index is 2.39. The van der Waals surface area contributed by atoms with Crippen molar-refractivity contribution in [1.82, 2.24) is 0 Å². The number of benzene rings is 1. The molecule has 0 radical (unpaired) electrons. The van der Waals surface area contributed by atoms with E-state index in [1.54, 1.807) is 4.90 Å². The minimum Gasteiger partial charge on any atom is -0.459 e. The van der Waals surface area contributed by atoms with Gasteiger partial charge in [-0.3, -0.25) is 9.59 Å². The molecule has 0 spiro atoms. The smallest absolute Gasteiger partial charge is 0.321 e. The van der Waals surface area contributed by atoms with Crippen LogP contribution in [0.2, 0.25) is 0 Å². The molecule has 6 heteroatoms. The van der Waals surface area contributed by atoms with Gasteiger partial charge < -0.3 is 9.64 Å². The van der Waals surface area contributed by atoms with Crippen LogP contribution in [0.1, 0.15) is 30.4 Å². The van der Waals surface area contributed by atoms with Crippen LogP contribution < -0.4 is 4.90 Å². The largest absolute Gasteiger partial charge is 0.459 e. The Bertz CT molecular complexity index is 571. The first kappa shape index (κ1) is 18.1. The number of alkyl halides is 2. The topological polar surface area (TPSA) is 46.6 Å². The predicted molar refractivity (Wildman–Crippen MR) is 92.4 cm³/mol. The number of hydrogen-bond donors (Lipinski definition) is 0. The van der Waals surface area contributed by atoms with E-state index in [-0.39, 0.29) is 29.8 Å². The first-order valence-corrected chi connectivity index (χ1v) is 8.76. The summed E-state index contributed by atoms with van der Waals surface area (Å²) < 4.78 is 5.44. The summed E-state index contributed by atoms with van der Waals surface area (Å²) in [7, 11) is 0. The van der Waals surface area contributed by atoms with Crippen molar-refractivity contribution in [2.75, 3.05) is 16.7 Å². The molecule has 1 aliphatic rings. The zero-order chi connectivity index (χ0) is 17.0. The van der Waals surface area contributed by atoms with Gasteiger partial charge in [0.2, 0.25) is 5.91 Å². The van der Waals surface area contributed by atoms with Crippen molar-refractivity contribution < 1.29 is 14.3 Å². The Kier molecular flexibility index (Phi) is 6.31. The molecule has 4 nitrogen and oxygen atoms in total. The average Bonchev–Trinajstić information content (AvgIpc) is 2.97. The summed E-state index contributed by atoms with van der Waals surface area (Å²) in [6.07, 6.45) is 2.05. The molecule has 2 unspecified atom stereocenters. The lowest BCUT2D eigenvalue weighted by Gasteiger charge is -2.34. The van der Waals surface area contributed by atoms with Crippen molar-refractivity contribution >= 4 is 40.8 Å². The van der Waals surface area contributed by atoms with Gasteiger partial charge in [0.15, 0.2) is 0 Å². The van der Waals surface area contributed by atoms with Gasteiger partial charge in [-0.1, -0.05) is 18.2 Å². The summed E-state index contributed by atoms with van der Waals surface area (Å²) in [5, 5.41) is 0. The van der Waals surface area contributed by atoms with Gasteiger partial charge in [-0.25, -0.2) is 0 Å². The highest BCUT2D eigenvalue weighted by Gasteiger charge is 2.38. The number of halogens is 2. The lowest BCUT2D eigenvalue weighted by atomic mass is 10.0. The Morgan fingerprint density at radius 1 is 1.17 bits per heavy atom. The molecular formula is C17H21Cl2NO3. The van der Waals surface area contributed by atoms with Crippen LogP contribution in [0.5, 0.6) is 0 Å². The number of rotatable bonds is 5. The fourth-order valence-electron chi connectivity index (χ4n) is 3.27. The minimum atomic E-state index is -0.455. The number of carbonyl (C=O) groups excluding carboxylic acids is 2. The van der Waals surface area contributed by atoms with E-state index in [4.69, 9.17) is 27.9 Å². The van der Waals surface area contributed by atoms with E-state index in [0.717, 1.165) is 36.1 Å². The maximum Gasteiger partial charge on any atom is 0.321 e. The summed E-state index contributed by atoms with van der Waals surface area (Å²) in [5.74, 6) is -0.928. The molecule has 1 amide bonds. The fourth-order valence-corrected chi connectivity index (χ4v) is 3.46. The molecule has 0 aromatic heterocycles. The highest BCUT2D eigenvalue weighted by atomic mass is 35.5. The summed E-state index contributed by atoms with van der Waals surface area (Å²) in [5.41, 5.74) is 2.85. The van der Waals surface area contributed by atoms with Crippen LogP contribution in [0.15, 0.2) is 18.2 Å². The van der Waals surface area contributed by atoms with Crippen molar-refractivity contribution in [2.24, 2.45) is 0 Å². The SMILES string of the molecule is Cc1cccc(C)c1N(C(=O)CCl)C1CCCC1OC(=O)CCl. The van der Waals surface area contributed by atoms with E-state index >= 15 is 0 Å². The number of ether oxygens (including phenoxy) is 1. The van der Waals surface area contributed by atoms with E-state index in [9.17, 15) is 9.59 Å². The number of amides is 1. The van der Waals surface area contributed by atoms with Gasteiger partial charge in [-0.15, -0.1) is 23.2 Å². The highest BCUT2D eigenvalue weighted by Crippen LogP contribution is 2.34. The highest BCUT2D eigenvalue weighted by molar-refractivity contribution is 6.29. The monoisotopic (exact) mass is 357 g/mol. The third-order valence-corrected chi connectivity index (χ3v) is 4.65. The molecule has 1 aromatic carbocycles. The molecule has 2 atom stereocenters. The molecule has 0 aliphatic heterocycles. The normalized spacial score (nSPS) is 20.3. The van der Waals surface area contributed by atoms with Gasteiger partial charge in [-0.2, -0.15) is 0 Å². The maximum atomic E-state index is 12.5. The van der Waals surface area contributed by atoms with Gasteiger partial charge in [0, 0.05) is 5.69 Å². The predicted octanol–water partition coefficient (Wildman–Crippen LogP) is 3.58. The summed E-state index contributed by atoms with van der Waals surface area (Å²) in [6.45, 7) is 3.93. The first-order valence-electron chi connectivity index (χ1n) is 7.69. The number of para-hydroxylation sites is 1. The molecule has 0 heterocycles. The van der Waals surface area contributed by atoms with Crippen LogP contribution in [-0.2, 0) is 14.3 Å². The summed E-state index contributed by atoms with van der Waals surface area (Å²) >= 11 is 11.4. The number of anilines is 1. The quantitative estimate of drug-likeness (QED) is 0.597. The molecule has 2 rings (SSSR count). The van der Waals surface area contributed by atoms with E-state index in [1.807, 2.05) is 32.0 Å². The van der Waals surface area contributed by atoms with Crippen molar-refractivity contribution in [3.05, 3.63) is 29.3 Å². The lowest BCUT2D eigenvalue weighted by Crippen LogP contribution is -2.47. The molecule has 0 N–H and O–H groups in total. The van der Waals surface area contributed by atoms with Crippen molar-refractivity contribution in [3.8, 4) is 0 Å².